The summed E-state index contributed by atoms with van der Waals surface area (Å²) in [5.41, 5.74) is 3.67. The first-order chi connectivity index (χ1) is 14.4. The summed E-state index contributed by atoms with van der Waals surface area (Å²) in [6, 6.07) is 20.7. The zero-order valence-corrected chi connectivity index (χ0v) is 16.9. The van der Waals surface area contributed by atoms with Crippen LogP contribution in [0, 0.1) is 11.3 Å². The van der Waals surface area contributed by atoms with E-state index in [0.29, 0.717) is 5.02 Å². The molecular formula is C25H18ClNO3. The summed E-state index contributed by atoms with van der Waals surface area (Å²) < 4.78 is 0. The van der Waals surface area contributed by atoms with Crippen LogP contribution in [0.2, 0.25) is 5.02 Å². The zero-order chi connectivity index (χ0) is 20.8. The normalized spacial score (nSPS) is 28.3. The Morgan fingerprint density at radius 1 is 0.900 bits per heavy atom. The Bertz CT molecular complexity index is 1220. The van der Waals surface area contributed by atoms with E-state index in [4.69, 9.17) is 11.6 Å². The van der Waals surface area contributed by atoms with Gasteiger partial charge < -0.3 is 5.11 Å². The van der Waals surface area contributed by atoms with E-state index in [-0.39, 0.29) is 35.1 Å². The lowest BCUT2D eigenvalue weighted by Gasteiger charge is -2.51. The van der Waals surface area contributed by atoms with Gasteiger partial charge in [0.05, 0.1) is 17.0 Å². The predicted octanol–water partition coefficient (Wildman–Crippen LogP) is 4.83. The van der Waals surface area contributed by atoms with E-state index in [0.717, 1.165) is 27.2 Å². The van der Waals surface area contributed by atoms with E-state index in [1.807, 2.05) is 31.2 Å². The number of rotatable bonds is 1. The number of nitrogens with zero attached hydrogens (tertiary/aromatic N) is 1. The fourth-order valence-electron chi connectivity index (χ4n) is 6.02. The topological polar surface area (TPSA) is 57.6 Å². The molecule has 1 heterocycles. The number of anilines is 1. The van der Waals surface area contributed by atoms with Crippen molar-refractivity contribution in [2.75, 3.05) is 4.90 Å². The number of phenolic OH excluding ortho intramolecular Hbond substituents is 1. The molecule has 2 amide bonds. The van der Waals surface area contributed by atoms with Gasteiger partial charge in [0.25, 0.3) is 0 Å². The summed E-state index contributed by atoms with van der Waals surface area (Å²) >= 11 is 6.13. The maximum absolute atomic E-state index is 13.9. The van der Waals surface area contributed by atoms with Crippen LogP contribution in [0.1, 0.15) is 41.0 Å². The molecule has 1 fully saturated rings. The molecule has 4 nitrogen and oxygen atoms in total. The summed E-state index contributed by atoms with van der Waals surface area (Å²) in [7, 11) is 0. The smallest absolute Gasteiger partial charge is 0.241 e. The van der Waals surface area contributed by atoms with E-state index < -0.39 is 11.3 Å². The van der Waals surface area contributed by atoms with Crippen molar-refractivity contribution >= 4 is 29.1 Å². The molecule has 30 heavy (non-hydrogen) atoms. The second-order valence-electron chi connectivity index (χ2n) is 8.54. The first-order valence-electron chi connectivity index (χ1n) is 9.99. The predicted molar refractivity (Wildman–Crippen MR) is 114 cm³/mol. The lowest BCUT2D eigenvalue weighted by Crippen LogP contribution is -2.49. The third-order valence-corrected chi connectivity index (χ3v) is 7.43. The van der Waals surface area contributed by atoms with Gasteiger partial charge in [0.15, 0.2) is 0 Å². The van der Waals surface area contributed by atoms with Crippen LogP contribution < -0.4 is 4.90 Å². The highest BCUT2D eigenvalue weighted by Gasteiger charge is 2.69. The molecule has 1 saturated heterocycles. The fourth-order valence-corrected chi connectivity index (χ4v) is 6.19. The van der Waals surface area contributed by atoms with Gasteiger partial charge in [-0.2, -0.15) is 0 Å². The molecule has 3 aromatic carbocycles. The van der Waals surface area contributed by atoms with E-state index in [1.165, 1.54) is 18.2 Å². The molecule has 148 valence electrons. The summed E-state index contributed by atoms with van der Waals surface area (Å²) in [5.74, 6) is -1.64. The van der Waals surface area contributed by atoms with E-state index >= 15 is 0 Å². The van der Waals surface area contributed by atoms with E-state index in [9.17, 15) is 14.7 Å². The summed E-state index contributed by atoms with van der Waals surface area (Å²) in [6.07, 6.45) is 0. The first-order valence-corrected chi connectivity index (χ1v) is 10.4. The van der Waals surface area contributed by atoms with Gasteiger partial charge in [-0.15, -0.1) is 0 Å². The van der Waals surface area contributed by atoms with Gasteiger partial charge >= 0.3 is 0 Å². The maximum atomic E-state index is 13.9. The van der Waals surface area contributed by atoms with Gasteiger partial charge in [-0.3, -0.25) is 9.59 Å². The summed E-state index contributed by atoms with van der Waals surface area (Å²) in [6.45, 7) is 1.91. The van der Waals surface area contributed by atoms with Crippen LogP contribution >= 0.6 is 11.6 Å². The number of carbonyl (C=O) groups is 2. The largest absolute Gasteiger partial charge is 0.506 e. The van der Waals surface area contributed by atoms with Crippen LogP contribution in [0.25, 0.3) is 0 Å². The molecule has 3 aromatic rings. The molecule has 0 aromatic heterocycles. The van der Waals surface area contributed by atoms with E-state index in [2.05, 4.69) is 24.3 Å². The Labute approximate surface area is 178 Å². The average molecular weight is 416 g/mol. The molecule has 1 aliphatic heterocycles. The minimum atomic E-state index is -0.931. The number of benzene rings is 3. The maximum Gasteiger partial charge on any atom is 0.241 e. The number of hydrogen-bond donors (Lipinski definition) is 1. The molecular weight excluding hydrogens is 398 g/mol. The van der Waals surface area contributed by atoms with Gasteiger partial charge in [-0.1, -0.05) is 60.1 Å². The van der Waals surface area contributed by atoms with Crippen LogP contribution in [0.15, 0.2) is 66.7 Å². The van der Waals surface area contributed by atoms with Crippen LogP contribution in [-0.2, 0) is 9.59 Å². The number of amides is 2. The standard InChI is InChI=1S/C25H18ClNO3/c1-25-21-16-8-4-2-6-14(16)20(15-7-3-5-9-17(15)21)22(25)23(29)27(24(25)30)18-12-13(26)10-11-19(18)28/h2-12,20-22,28H,1H3. The zero-order valence-electron chi connectivity index (χ0n) is 16.2. The first kappa shape index (κ1) is 17.7. The molecule has 0 saturated carbocycles. The SMILES string of the molecule is CC12C(=O)N(c3cc(Cl)ccc3O)C(=O)C1C1c3ccccc3C2c2ccccc21. The Balaban J connectivity index is 1.63. The minimum absolute atomic E-state index is 0.134. The molecule has 2 atom stereocenters. The van der Waals surface area contributed by atoms with Crippen LogP contribution in [0.5, 0.6) is 5.75 Å². The summed E-state index contributed by atoms with van der Waals surface area (Å²) in [5, 5.41) is 10.8. The third kappa shape index (κ3) is 1.93. The number of halogens is 1. The molecule has 5 heteroatoms. The second-order valence-corrected chi connectivity index (χ2v) is 8.98. The molecule has 3 aliphatic carbocycles. The molecule has 7 rings (SSSR count). The number of imide groups is 1. The van der Waals surface area contributed by atoms with Gasteiger partial charge in [-0.25, -0.2) is 4.90 Å². The molecule has 4 aliphatic rings. The second kappa shape index (κ2) is 5.73. The van der Waals surface area contributed by atoms with Crippen molar-refractivity contribution in [1.29, 1.82) is 0 Å². The third-order valence-electron chi connectivity index (χ3n) is 7.19. The minimum Gasteiger partial charge on any atom is -0.506 e. The van der Waals surface area contributed by atoms with Crippen molar-refractivity contribution in [3.05, 3.63) is 94.0 Å². The van der Waals surface area contributed by atoms with Crippen LogP contribution in [0.4, 0.5) is 5.69 Å². The van der Waals surface area contributed by atoms with Crippen molar-refractivity contribution in [3.63, 3.8) is 0 Å². The Morgan fingerprint density at radius 2 is 1.47 bits per heavy atom. The number of aromatic hydroxyl groups is 1. The fraction of sp³-hybridized carbons (Fsp3) is 0.200. The quantitative estimate of drug-likeness (QED) is 0.579. The van der Waals surface area contributed by atoms with Crippen molar-refractivity contribution in [3.8, 4) is 5.75 Å². The highest BCUT2D eigenvalue weighted by molar-refractivity contribution is 6.32. The average Bonchev–Trinajstić information content (AvgIpc) is 2.96. The van der Waals surface area contributed by atoms with Gasteiger partial charge in [0.1, 0.15) is 5.75 Å². The molecule has 1 N–H and O–H groups in total. The van der Waals surface area contributed by atoms with Gasteiger partial charge in [0.2, 0.25) is 11.8 Å². The van der Waals surface area contributed by atoms with Crippen molar-refractivity contribution in [2.45, 2.75) is 18.8 Å². The molecule has 2 bridgehead atoms. The monoisotopic (exact) mass is 415 g/mol. The Hall–Kier alpha value is -3.11. The van der Waals surface area contributed by atoms with Crippen LogP contribution in [0.3, 0.4) is 0 Å². The van der Waals surface area contributed by atoms with Crippen molar-refractivity contribution in [1.82, 2.24) is 0 Å². The Kier molecular flexibility index (Phi) is 3.39. The van der Waals surface area contributed by atoms with Gasteiger partial charge in [0, 0.05) is 16.9 Å². The number of hydrogen-bond acceptors (Lipinski definition) is 3. The highest BCUT2D eigenvalue weighted by atomic mass is 35.5. The lowest BCUT2D eigenvalue weighted by atomic mass is 9.48. The summed E-state index contributed by atoms with van der Waals surface area (Å²) in [4.78, 5) is 28.8. The molecule has 2 unspecified atom stereocenters. The van der Waals surface area contributed by atoms with E-state index in [1.54, 1.807) is 0 Å². The molecule has 0 radical (unpaired) electrons. The lowest BCUT2D eigenvalue weighted by molar-refractivity contribution is -0.128. The highest BCUT2D eigenvalue weighted by Crippen LogP contribution is 2.67. The van der Waals surface area contributed by atoms with Crippen molar-refractivity contribution < 1.29 is 14.7 Å². The number of carbonyl (C=O) groups excluding carboxylic acids is 2. The van der Waals surface area contributed by atoms with Crippen LogP contribution in [-0.4, -0.2) is 16.9 Å². The molecule has 0 spiro atoms. The van der Waals surface area contributed by atoms with Gasteiger partial charge in [-0.05, 0) is 47.4 Å². The van der Waals surface area contributed by atoms with Crippen molar-refractivity contribution in [2.24, 2.45) is 11.3 Å². The Morgan fingerprint density at radius 3 is 2.07 bits per heavy atom. The number of phenols is 1.